The lowest BCUT2D eigenvalue weighted by atomic mass is 10.1. The second-order valence-corrected chi connectivity index (χ2v) is 4.48. The predicted octanol–water partition coefficient (Wildman–Crippen LogP) is 4.53. The molecule has 1 nitrogen and oxygen atoms in total. The van der Waals surface area contributed by atoms with Gasteiger partial charge in [0, 0.05) is 18.8 Å². The van der Waals surface area contributed by atoms with Crippen molar-refractivity contribution in [2.24, 2.45) is 0 Å². The van der Waals surface area contributed by atoms with E-state index in [1.165, 1.54) is 16.8 Å². The quantitative estimate of drug-likeness (QED) is 0.706. The Morgan fingerprint density at radius 3 is 1.89 bits per heavy atom. The molecule has 98 valence electrons. The third-order valence-corrected chi connectivity index (χ3v) is 3.28. The van der Waals surface area contributed by atoms with Gasteiger partial charge in [-0.25, -0.2) is 0 Å². The van der Waals surface area contributed by atoms with Gasteiger partial charge in [-0.1, -0.05) is 60.7 Å². The zero-order valence-electron chi connectivity index (χ0n) is 11.7. The van der Waals surface area contributed by atoms with Crippen LogP contribution in [0.5, 0.6) is 0 Å². The Balaban J connectivity index is 2.43. The van der Waals surface area contributed by atoms with E-state index in [4.69, 9.17) is 0 Å². The van der Waals surface area contributed by atoms with E-state index >= 15 is 0 Å². The molecule has 0 radical (unpaired) electrons. The molecule has 0 aliphatic heterocycles. The van der Waals surface area contributed by atoms with Crippen molar-refractivity contribution < 1.29 is 0 Å². The van der Waals surface area contributed by atoms with Crippen LogP contribution in [0, 0.1) is 0 Å². The highest BCUT2D eigenvalue weighted by molar-refractivity contribution is 5.80. The third kappa shape index (κ3) is 3.47. The maximum Gasteiger partial charge on any atom is 0.0445 e. The Bertz CT molecular complexity index is 510. The highest BCUT2D eigenvalue weighted by Crippen LogP contribution is 2.22. The highest BCUT2D eigenvalue weighted by Gasteiger charge is 2.07. The van der Waals surface area contributed by atoms with E-state index in [9.17, 15) is 0 Å². The fourth-order valence-corrected chi connectivity index (χ4v) is 2.24. The zero-order chi connectivity index (χ0) is 13.5. The maximum atomic E-state index is 2.39. The van der Waals surface area contributed by atoms with Gasteiger partial charge in [0.25, 0.3) is 0 Å². The van der Waals surface area contributed by atoms with Gasteiger partial charge in [-0.15, -0.1) is 0 Å². The second kappa shape index (κ2) is 6.79. The Morgan fingerprint density at radius 2 is 1.37 bits per heavy atom. The highest BCUT2D eigenvalue weighted by atomic mass is 15.1. The average Bonchev–Trinajstić information content (AvgIpc) is 2.49. The summed E-state index contributed by atoms with van der Waals surface area (Å²) >= 11 is 0. The minimum atomic E-state index is 1.02. The maximum absolute atomic E-state index is 2.39. The lowest BCUT2D eigenvalue weighted by molar-refractivity contribution is 0.444. The first-order valence-corrected chi connectivity index (χ1v) is 6.92. The number of rotatable bonds is 5. The third-order valence-electron chi connectivity index (χ3n) is 3.28. The minimum Gasteiger partial charge on any atom is -0.372 e. The summed E-state index contributed by atoms with van der Waals surface area (Å²) in [6.45, 7) is 6.44. The first-order valence-electron chi connectivity index (χ1n) is 6.92. The van der Waals surface area contributed by atoms with Gasteiger partial charge < -0.3 is 4.90 Å². The van der Waals surface area contributed by atoms with Crippen molar-refractivity contribution in [2.45, 2.75) is 13.8 Å². The molecule has 0 unspecified atom stereocenters. The van der Waals surface area contributed by atoms with Crippen molar-refractivity contribution >= 4 is 11.8 Å². The van der Waals surface area contributed by atoms with Crippen LogP contribution >= 0.6 is 0 Å². The molecule has 0 fully saturated rings. The van der Waals surface area contributed by atoms with Crippen molar-refractivity contribution in [2.75, 3.05) is 13.1 Å². The Labute approximate surface area is 116 Å². The van der Waals surface area contributed by atoms with E-state index in [2.05, 4.69) is 85.5 Å². The summed E-state index contributed by atoms with van der Waals surface area (Å²) in [5, 5.41) is 0. The van der Waals surface area contributed by atoms with Crippen molar-refractivity contribution in [3.8, 4) is 0 Å². The molecule has 0 saturated heterocycles. The number of nitrogens with zero attached hydrogens (tertiary/aromatic N) is 1. The van der Waals surface area contributed by atoms with Gasteiger partial charge in [-0.3, -0.25) is 0 Å². The molecule has 0 aliphatic carbocycles. The summed E-state index contributed by atoms with van der Waals surface area (Å²) in [5.41, 5.74) is 3.81. The van der Waals surface area contributed by atoms with Crippen LogP contribution in [0.3, 0.4) is 0 Å². The summed E-state index contributed by atoms with van der Waals surface area (Å²) in [4.78, 5) is 2.39. The molecule has 0 spiro atoms. The average molecular weight is 251 g/mol. The van der Waals surface area contributed by atoms with Crippen molar-refractivity contribution in [1.82, 2.24) is 4.90 Å². The molecule has 0 aromatic heterocycles. The topological polar surface area (TPSA) is 3.24 Å². The van der Waals surface area contributed by atoms with Crippen LogP contribution < -0.4 is 0 Å². The number of hydrogen-bond donors (Lipinski definition) is 0. The summed E-state index contributed by atoms with van der Waals surface area (Å²) in [6.07, 6.45) is 2.27. The monoisotopic (exact) mass is 251 g/mol. The predicted molar refractivity (Wildman–Crippen MR) is 83.7 cm³/mol. The lowest BCUT2D eigenvalue weighted by Gasteiger charge is -2.25. The standard InChI is InChI=1S/C18H21N/c1-3-19(4-2)18(17-13-9-6-10-14-17)15-16-11-7-5-8-12-16/h5-15H,3-4H2,1-2H3. The SMILES string of the molecule is CCN(CC)C(=Cc1ccccc1)c1ccccc1. The smallest absolute Gasteiger partial charge is 0.0445 e. The number of hydrogen-bond acceptors (Lipinski definition) is 1. The molecule has 0 N–H and O–H groups in total. The molecule has 0 bridgehead atoms. The fraction of sp³-hybridized carbons (Fsp3) is 0.222. The Kier molecular flexibility index (Phi) is 4.79. The summed E-state index contributed by atoms with van der Waals surface area (Å²) in [7, 11) is 0. The van der Waals surface area contributed by atoms with Crippen LogP contribution in [0.15, 0.2) is 60.7 Å². The van der Waals surface area contributed by atoms with E-state index in [1.54, 1.807) is 0 Å². The Morgan fingerprint density at radius 1 is 0.842 bits per heavy atom. The molecular formula is C18H21N. The fourth-order valence-electron chi connectivity index (χ4n) is 2.24. The molecule has 0 atom stereocenters. The van der Waals surface area contributed by atoms with Gasteiger partial charge in [0.05, 0.1) is 0 Å². The van der Waals surface area contributed by atoms with Gasteiger partial charge in [-0.05, 0) is 31.1 Å². The molecule has 2 aromatic carbocycles. The minimum absolute atomic E-state index is 1.02. The zero-order valence-corrected chi connectivity index (χ0v) is 11.7. The van der Waals surface area contributed by atoms with Crippen molar-refractivity contribution in [3.05, 3.63) is 71.8 Å². The molecule has 1 heteroatoms. The van der Waals surface area contributed by atoms with E-state index in [0.29, 0.717) is 0 Å². The number of benzene rings is 2. The van der Waals surface area contributed by atoms with Crippen LogP contribution in [0.1, 0.15) is 25.0 Å². The van der Waals surface area contributed by atoms with Gasteiger partial charge in [0.2, 0.25) is 0 Å². The van der Waals surface area contributed by atoms with E-state index in [0.717, 1.165) is 13.1 Å². The van der Waals surface area contributed by atoms with Crippen LogP contribution in [0.4, 0.5) is 0 Å². The molecule has 2 aromatic rings. The summed E-state index contributed by atoms with van der Waals surface area (Å²) in [5.74, 6) is 0. The van der Waals surface area contributed by atoms with Gasteiger partial charge in [0.15, 0.2) is 0 Å². The molecule has 0 saturated carbocycles. The largest absolute Gasteiger partial charge is 0.372 e. The van der Waals surface area contributed by atoms with Crippen LogP contribution in [-0.2, 0) is 0 Å². The van der Waals surface area contributed by atoms with Crippen LogP contribution in [-0.4, -0.2) is 18.0 Å². The normalized spacial score (nSPS) is 11.4. The first kappa shape index (κ1) is 13.4. The summed E-state index contributed by atoms with van der Waals surface area (Å²) in [6, 6.07) is 21.1. The van der Waals surface area contributed by atoms with Crippen LogP contribution in [0.2, 0.25) is 0 Å². The van der Waals surface area contributed by atoms with E-state index in [-0.39, 0.29) is 0 Å². The molecule has 0 amide bonds. The second-order valence-electron chi connectivity index (χ2n) is 4.48. The van der Waals surface area contributed by atoms with E-state index < -0.39 is 0 Å². The summed E-state index contributed by atoms with van der Waals surface area (Å²) < 4.78 is 0. The Hall–Kier alpha value is -2.02. The first-order chi connectivity index (χ1) is 9.35. The van der Waals surface area contributed by atoms with E-state index in [1.807, 2.05) is 0 Å². The molecule has 0 heterocycles. The van der Waals surface area contributed by atoms with Gasteiger partial charge in [-0.2, -0.15) is 0 Å². The van der Waals surface area contributed by atoms with Crippen molar-refractivity contribution in [3.63, 3.8) is 0 Å². The van der Waals surface area contributed by atoms with Crippen molar-refractivity contribution in [1.29, 1.82) is 0 Å². The molecule has 0 aliphatic rings. The lowest BCUT2D eigenvalue weighted by Crippen LogP contribution is -2.21. The molecular weight excluding hydrogens is 230 g/mol. The van der Waals surface area contributed by atoms with Crippen LogP contribution in [0.25, 0.3) is 11.8 Å². The molecule has 2 rings (SSSR count). The van der Waals surface area contributed by atoms with Gasteiger partial charge in [0.1, 0.15) is 0 Å². The molecule has 19 heavy (non-hydrogen) atoms. The van der Waals surface area contributed by atoms with Gasteiger partial charge >= 0.3 is 0 Å².